The molecule has 1 aliphatic heterocycles. The van der Waals surface area contributed by atoms with Crippen LogP contribution in [0.3, 0.4) is 0 Å². The van der Waals surface area contributed by atoms with Gasteiger partial charge in [0, 0.05) is 29.0 Å². The minimum absolute atomic E-state index is 0.0680. The van der Waals surface area contributed by atoms with Gasteiger partial charge in [-0.05, 0) is 56.3 Å². The quantitative estimate of drug-likeness (QED) is 0.918. The third-order valence-electron chi connectivity index (χ3n) is 4.27. The van der Waals surface area contributed by atoms with Gasteiger partial charge < -0.3 is 15.0 Å². The van der Waals surface area contributed by atoms with Crippen molar-refractivity contribution in [2.75, 3.05) is 23.4 Å². The van der Waals surface area contributed by atoms with Crippen molar-refractivity contribution >= 4 is 17.3 Å². The number of hydrogen-bond acceptors (Lipinski definition) is 3. The van der Waals surface area contributed by atoms with Crippen molar-refractivity contribution in [2.45, 2.75) is 25.9 Å². The van der Waals surface area contributed by atoms with Crippen molar-refractivity contribution in [1.82, 2.24) is 0 Å². The van der Waals surface area contributed by atoms with Crippen LogP contribution in [0.2, 0.25) is 0 Å². The number of anilines is 2. The number of carbonyl (C=O) groups excluding carboxylic acids is 1. The summed E-state index contributed by atoms with van der Waals surface area (Å²) in [5.41, 5.74) is 1.71. The van der Waals surface area contributed by atoms with Gasteiger partial charge >= 0.3 is 0 Å². The SMILES string of the molecule is CC1COCC(C)N1c1ccc(NC(=O)c2ccc(F)c(F)c2)cc1. The fourth-order valence-electron chi connectivity index (χ4n) is 3.07. The number of rotatable bonds is 3. The number of nitrogens with one attached hydrogen (secondary N) is 1. The number of ether oxygens (including phenoxy) is 1. The van der Waals surface area contributed by atoms with Crippen LogP contribution in [0.25, 0.3) is 0 Å². The standard InChI is InChI=1S/C19H20F2N2O2/c1-12-10-25-11-13(2)23(12)16-6-4-15(5-7-16)22-19(24)14-3-8-17(20)18(21)9-14/h3-9,12-13H,10-11H2,1-2H3,(H,22,24). The summed E-state index contributed by atoms with van der Waals surface area (Å²) in [5, 5.41) is 2.69. The largest absolute Gasteiger partial charge is 0.377 e. The lowest BCUT2D eigenvalue weighted by molar-refractivity contribution is 0.0757. The van der Waals surface area contributed by atoms with Gasteiger partial charge in [-0.3, -0.25) is 4.79 Å². The molecule has 1 saturated heterocycles. The summed E-state index contributed by atoms with van der Waals surface area (Å²) >= 11 is 0. The Balaban J connectivity index is 1.72. The van der Waals surface area contributed by atoms with Crippen LogP contribution >= 0.6 is 0 Å². The van der Waals surface area contributed by atoms with Gasteiger partial charge in [0.1, 0.15) is 0 Å². The zero-order chi connectivity index (χ0) is 18.0. The van der Waals surface area contributed by atoms with Crippen molar-refractivity contribution in [1.29, 1.82) is 0 Å². The average molecular weight is 346 g/mol. The number of amides is 1. The molecule has 132 valence electrons. The molecular formula is C19H20F2N2O2. The molecule has 1 fully saturated rings. The molecule has 0 bridgehead atoms. The molecule has 0 radical (unpaired) electrons. The lowest BCUT2D eigenvalue weighted by Crippen LogP contribution is -2.49. The summed E-state index contributed by atoms with van der Waals surface area (Å²) in [7, 11) is 0. The smallest absolute Gasteiger partial charge is 0.255 e. The number of hydrogen-bond donors (Lipinski definition) is 1. The zero-order valence-corrected chi connectivity index (χ0v) is 14.1. The van der Waals surface area contributed by atoms with Crippen molar-refractivity contribution in [2.24, 2.45) is 0 Å². The van der Waals surface area contributed by atoms with E-state index < -0.39 is 17.5 Å². The van der Waals surface area contributed by atoms with E-state index in [0.29, 0.717) is 18.9 Å². The van der Waals surface area contributed by atoms with Crippen LogP contribution < -0.4 is 10.2 Å². The van der Waals surface area contributed by atoms with Crippen LogP contribution in [0, 0.1) is 11.6 Å². The highest BCUT2D eigenvalue weighted by Crippen LogP contribution is 2.25. The topological polar surface area (TPSA) is 41.6 Å². The minimum atomic E-state index is -1.04. The Morgan fingerprint density at radius 1 is 1.04 bits per heavy atom. The fourth-order valence-corrected chi connectivity index (χ4v) is 3.07. The Morgan fingerprint density at radius 2 is 1.68 bits per heavy atom. The number of halogens is 2. The van der Waals surface area contributed by atoms with E-state index in [4.69, 9.17) is 4.74 Å². The summed E-state index contributed by atoms with van der Waals surface area (Å²) < 4.78 is 31.7. The van der Waals surface area contributed by atoms with Gasteiger partial charge in [-0.15, -0.1) is 0 Å². The molecule has 6 heteroatoms. The monoisotopic (exact) mass is 346 g/mol. The van der Waals surface area contributed by atoms with Crippen molar-refractivity contribution in [3.8, 4) is 0 Å². The van der Waals surface area contributed by atoms with Gasteiger partial charge in [0.2, 0.25) is 0 Å². The Hall–Kier alpha value is -2.47. The maximum atomic E-state index is 13.2. The van der Waals surface area contributed by atoms with Gasteiger partial charge in [-0.1, -0.05) is 0 Å². The van der Waals surface area contributed by atoms with E-state index in [1.165, 1.54) is 6.07 Å². The molecule has 0 spiro atoms. The van der Waals surface area contributed by atoms with Crippen molar-refractivity contribution in [3.05, 3.63) is 59.7 Å². The molecule has 3 rings (SSSR count). The van der Waals surface area contributed by atoms with Gasteiger partial charge in [0.25, 0.3) is 5.91 Å². The van der Waals surface area contributed by atoms with Crippen LogP contribution in [0.15, 0.2) is 42.5 Å². The van der Waals surface area contributed by atoms with E-state index in [1.807, 2.05) is 12.1 Å². The third-order valence-corrected chi connectivity index (χ3v) is 4.27. The second-order valence-corrected chi connectivity index (χ2v) is 6.27. The van der Waals surface area contributed by atoms with E-state index in [-0.39, 0.29) is 17.6 Å². The molecule has 2 aromatic rings. The highest BCUT2D eigenvalue weighted by atomic mass is 19.2. The van der Waals surface area contributed by atoms with E-state index in [1.54, 1.807) is 12.1 Å². The predicted octanol–water partition coefficient (Wildman–Crippen LogP) is 3.83. The third kappa shape index (κ3) is 3.79. The molecule has 0 aromatic heterocycles. The molecule has 1 amide bonds. The first kappa shape index (κ1) is 17.4. The first-order chi connectivity index (χ1) is 12.0. The van der Waals surface area contributed by atoms with Crippen LogP contribution in [0.4, 0.5) is 20.2 Å². The first-order valence-corrected chi connectivity index (χ1v) is 8.18. The fraction of sp³-hybridized carbons (Fsp3) is 0.316. The van der Waals surface area contributed by atoms with E-state index in [0.717, 1.165) is 17.8 Å². The molecule has 1 aliphatic rings. The molecule has 2 unspecified atom stereocenters. The zero-order valence-electron chi connectivity index (χ0n) is 14.1. The van der Waals surface area contributed by atoms with Crippen molar-refractivity contribution < 1.29 is 18.3 Å². The second kappa shape index (κ2) is 7.19. The highest BCUT2D eigenvalue weighted by molar-refractivity contribution is 6.04. The van der Waals surface area contributed by atoms with Gasteiger partial charge in [0.05, 0.1) is 13.2 Å². The molecule has 1 N–H and O–H groups in total. The number of benzene rings is 2. The Kier molecular flexibility index (Phi) is 4.99. The van der Waals surface area contributed by atoms with Crippen LogP contribution in [-0.2, 0) is 4.74 Å². The lowest BCUT2D eigenvalue weighted by atomic mass is 10.1. The highest BCUT2D eigenvalue weighted by Gasteiger charge is 2.25. The lowest BCUT2D eigenvalue weighted by Gasteiger charge is -2.40. The summed E-state index contributed by atoms with van der Waals surface area (Å²) in [6.45, 7) is 5.57. The maximum Gasteiger partial charge on any atom is 0.255 e. The van der Waals surface area contributed by atoms with Gasteiger partial charge in [0.15, 0.2) is 11.6 Å². The van der Waals surface area contributed by atoms with Gasteiger partial charge in [-0.2, -0.15) is 0 Å². The normalized spacial score (nSPS) is 20.4. The Morgan fingerprint density at radius 3 is 2.28 bits per heavy atom. The number of morpholine rings is 1. The molecule has 2 atom stereocenters. The maximum absolute atomic E-state index is 13.2. The van der Waals surface area contributed by atoms with Gasteiger partial charge in [-0.25, -0.2) is 8.78 Å². The van der Waals surface area contributed by atoms with E-state index in [9.17, 15) is 13.6 Å². The molecule has 25 heavy (non-hydrogen) atoms. The second-order valence-electron chi connectivity index (χ2n) is 6.27. The molecule has 2 aromatic carbocycles. The van der Waals surface area contributed by atoms with E-state index in [2.05, 4.69) is 24.1 Å². The Labute approximate surface area is 145 Å². The minimum Gasteiger partial charge on any atom is -0.377 e. The summed E-state index contributed by atoms with van der Waals surface area (Å²) in [6, 6.07) is 11.1. The van der Waals surface area contributed by atoms with Crippen LogP contribution in [-0.4, -0.2) is 31.2 Å². The Bertz CT molecular complexity index is 755. The summed E-state index contributed by atoms with van der Waals surface area (Å²) in [5.74, 6) is -2.51. The summed E-state index contributed by atoms with van der Waals surface area (Å²) in [6.07, 6.45) is 0. The molecule has 1 heterocycles. The van der Waals surface area contributed by atoms with E-state index >= 15 is 0 Å². The molecule has 4 nitrogen and oxygen atoms in total. The number of carbonyl (C=O) groups is 1. The molecule has 0 saturated carbocycles. The number of nitrogens with zero attached hydrogens (tertiary/aromatic N) is 1. The summed E-state index contributed by atoms with van der Waals surface area (Å²) in [4.78, 5) is 14.4. The molecule has 0 aliphatic carbocycles. The average Bonchev–Trinajstić information content (AvgIpc) is 2.58. The van der Waals surface area contributed by atoms with Crippen molar-refractivity contribution in [3.63, 3.8) is 0 Å². The predicted molar refractivity (Wildman–Crippen MR) is 93.0 cm³/mol. The van der Waals surface area contributed by atoms with Crippen LogP contribution in [0.1, 0.15) is 24.2 Å². The molecular weight excluding hydrogens is 326 g/mol. The van der Waals surface area contributed by atoms with Crippen LogP contribution in [0.5, 0.6) is 0 Å². The first-order valence-electron chi connectivity index (χ1n) is 8.18.